The zero-order valence-corrected chi connectivity index (χ0v) is 19.7. The molecule has 0 radical (unpaired) electrons. The fraction of sp³-hybridized carbons (Fsp3) is 0.381. The van der Waals surface area contributed by atoms with Crippen molar-refractivity contribution < 1.29 is 17.9 Å². The summed E-state index contributed by atoms with van der Waals surface area (Å²) < 4.78 is 33.5. The lowest BCUT2D eigenvalue weighted by atomic mass is 10.2. The highest BCUT2D eigenvalue weighted by atomic mass is 35.5. The van der Waals surface area contributed by atoms with Crippen LogP contribution < -0.4 is 14.4 Å². The molecule has 0 unspecified atom stereocenters. The Bertz CT molecular complexity index is 1010. The Kier molecular flexibility index (Phi) is 8.41. The average molecular weight is 473 g/mol. The molecule has 9 heteroatoms. The van der Waals surface area contributed by atoms with E-state index in [0.717, 1.165) is 22.7 Å². The van der Waals surface area contributed by atoms with Crippen LogP contribution in [0.5, 0.6) is 5.75 Å². The van der Waals surface area contributed by atoms with Gasteiger partial charge >= 0.3 is 0 Å². The highest BCUT2D eigenvalue weighted by Gasteiger charge is 2.30. The molecule has 0 fully saturated rings. The summed E-state index contributed by atoms with van der Waals surface area (Å²) in [6.45, 7) is 5.26. The third kappa shape index (κ3) is 5.80. The van der Waals surface area contributed by atoms with Crippen LogP contribution in [-0.2, 0) is 14.8 Å². The van der Waals surface area contributed by atoms with Crippen LogP contribution in [0.15, 0.2) is 41.3 Å². The second-order valence-electron chi connectivity index (χ2n) is 7.02. The standard InChI is InChI=1S/C21H26Cl2N2O4S/c1-5-6-15(3)24-21(26)13-25(16-8-9-17(22)18(23)12-16)30(27,28)20-11-14(2)7-10-19(20)29-4/h7-12,15H,5-6,13H2,1-4H3,(H,24,26)/t15-/m1/s1. The van der Waals surface area contributed by atoms with Crippen molar-refractivity contribution in [1.29, 1.82) is 0 Å². The number of rotatable bonds is 9. The quantitative estimate of drug-likeness (QED) is 0.567. The van der Waals surface area contributed by atoms with E-state index in [9.17, 15) is 13.2 Å². The van der Waals surface area contributed by atoms with Crippen molar-refractivity contribution >= 4 is 44.8 Å². The molecule has 2 aromatic rings. The lowest BCUT2D eigenvalue weighted by molar-refractivity contribution is -0.120. The van der Waals surface area contributed by atoms with Gasteiger partial charge in [-0.2, -0.15) is 0 Å². The van der Waals surface area contributed by atoms with E-state index in [0.29, 0.717) is 0 Å². The number of methoxy groups -OCH3 is 1. The SMILES string of the molecule is CCC[C@@H](C)NC(=O)CN(c1ccc(Cl)c(Cl)c1)S(=O)(=O)c1cc(C)ccc1OC. The summed E-state index contributed by atoms with van der Waals surface area (Å²) in [7, 11) is -2.75. The van der Waals surface area contributed by atoms with Crippen LogP contribution in [0.1, 0.15) is 32.3 Å². The number of carbonyl (C=O) groups is 1. The van der Waals surface area contributed by atoms with Gasteiger partial charge < -0.3 is 10.1 Å². The Balaban J connectivity index is 2.53. The van der Waals surface area contributed by atoms with Gasteiger partial charge in [0.1, 0.15) is 17.2 Å². The number of amides is 1. The molecule has 0 saturated carbocycles. The van der Waals surface area contributed by atoms with E-state index in [4.69, 9.17) is 27.9 Å². The normalized spacial score (nSPS) is 12.3. The van der Waals surface area contributed by atoms with E-state index < -0.39 is 22.5 Å². The maximum Gasteiger partial charge on any atom is 0.268 e. The number of hydrogen-bond acceptors (Lipinski definition) is 4. The zero-order valence-electron chi connectivity index (χ0n) is 17.4. The van der Waals surface area contributed by atoms with Crippen molar-refractivity contribution in [2.24, 2.45) is 0 Å². The maximum atomic E-state index is 13.6. The third-order valence-corrected chi connectivity index (χ3v) is 7.03. The largest absolute Gasteiger partial charge is 0.495 e. The van der Waals surface area contributed by atoms with Crippen LogP contribution in [-0.4, -0.2) is 34.0 Å². The van der Waals surface area contributed by atoms with Gasteiger partial charge in [-0.25, -0.2) is 8.42 Å². The monoisotopic (exact) mass is 472 g/mol. The van der Waals surface area contributed by atoms with Crippen LogP contribution >= 0.6 is 23.2 Å². The second kappa shape index (κ2) is 10.4. The summed E-state index contributed by atoms with van der Waals surface area (Å²) in [6, 6.07) is 9.19. The molecule has 0 aliphatic rings. The summed E-state index contributed by atoms with van der Waals surface area (Å²) in [5, 5.41) is 3.30. The summed E-state index contributed by atoms with van der Waals surface area (Å²) in [5.41, 5.74) is 0.968. The van der Waals surface area contributed by atoms with E-state index in [1.54, 1.807) is 19.1 Å². The van der Waals surface area contributed by atoms with Crippen molar-refractivity contribution in [3.8, 4) is 5.75 Å². The number of benzene rings is 2. The number of hydrogen-bond donors (Lipinski definition) is 1. The predicted molar refractivity (Wildman–Crippen MR) is 121 cm³/mol. The lowest BCUT2D eigenvalue weighted by Crippen LogP contribution is -2.43. The summed E-state index contributed by atoms with van der Waals surface area (Å²) in [4.78, 5) is 12.6. The van der Waals surface area contributed by atoms with Crippen molar-refractivity contribution in [1.82, 2.24) is 5.32 Å². The smallest absolute Gasteiger partial charge is 0.268 e. The first-order valence-electron chi connectivity index (χ1n) is 9.52. The molecule has 0 saturated heterocycles. The van der Waals surface area contributed by atoms with Gasteiger partial charge in [-0.15, -0.1) is 0 Å². The fourth-order valence-electron chi connectivity index (χ4n) is 3.02. The molecule has 0 aromatic heterocycles. The number of anilines is 1. The number of nitrogens with zero attached hydrogens (tertiary/aromatic N) is 1. The first-order valence-corrected chi connectivity index (χ1v) is 11.7. The second-order valence-corrected chi connectivity index (χ2v) is 9.67. The lowest BCUT2D eigenvalue weighted by Gasteiger charge is -2.26. The Morgan fingerprint density at radius 3 is 2.47 bits per heavy atom. The van der Waals surface area contributed by atoms with E-state index in [2.05, 4.69) is 5.32 Å². The minimum absolute atomic E-state index is 0.0366. The Hall–Kier alpha value is -1.96. The first-order chi connectivity index (χ1) is 14.1. The van der Waals surface area contributed by atoms with E-state index in [-0.39, 0.29) is 32.4 Å². The van der Waals surface area contributed by atoms with Crippen LogP contribution in [0.4, 0.5) is 5.69 Å². The number of halogens is 2. The summed E-state index contributed by atoms with van der Waals surface area (Å²) in [5.74, 6) is -0.234. The van der Waals surface area contributed by atoms with Gasteiger partial charge in [0.2, 0.25) is 5.91 Å². The maximum absolute atomic E-state index is 13.6. The van der Waals surface area contributed by atoms with Gasteiger partial charge in [-0.05, 0) is 56.2 Å². The number of ether oxygens (including phenoxy) is 1. The molecule has 1 atom stereocenters. The molecule has 0 spiro atoms. The molecule has 0 aliphatic heterocycles. The Labute approximate surface area is 188 Å². The molecule has 30 heavy (non-hydrogen) atoms. The van der Waals surface area contributed by atoms with Gasteiger partial charge in [0.05, 0.1) is 22.8 Å². The molecule has 0 heterocycles. The van der Waals surface area contributed by atoms with Crippen molar-refractivity contribution in [2.75, 3.05) is 18.0 Å². The zero-order chi connectivity index (χ0) is 22.5. The number of carbonyl (C=O) groups excluding carboxylic acids is 1. The molecule has 1 amide bonds. The molecule has 2 rings (SSSR count). The van der Waals surface area contributed by atoms with Gasteiger partial charge in [0.15, 0.2) is 0 Å². The number of aryl methyl sites for hydroxylation is 1. The molecule has 1 N–H and O–H groups in total. The van der Waals surface area contributed by atoms with Gasteiger partial charge in [-0.1, -0.05) is 42.6 Å². The third-order valence-electron chi connectivity index (χ3n) is 4.49. The van der Waals surface area contributed by atoms with Crippen molar-refractivity contribution in [3.05, 3.63) is 52.0 Å². The summed E-state index contributed by atoms with van der Waals surface area (Å²) in [6.07, 6.45) is 1.69. The van der Waals surface area contributed by atoms with Crippen molar-refractivity contribution in [3.63, 3.8) is 0 Å². The molecule has 164 valence electrons. The Morgan fingerprint density at radius 1 is 1.17 bits per heavy atom. The van der Waals surface area contributed by atoms with Gasteiger partial charge in [0, 0.05) is 6.04 Å². The number of sulfonamides is 1. The molecule has 6 nitrogen and oxygen atoms in total. The van der Waals surface area contributed by atoms with E-state index in [1.807, 2.05) is 13.8 Å². The average Bonchev–Trinajstić information content (AvgIpc) is 2.68. The van der Waals surface area contributed by atoms with Gasteiger partial charge in [0.25, 0.3) is 10.0 Å². The minimum Gasteiger partial charge on any atom is -0.495 e. The van der Waals surface area contributed by atoms with Crippen LogP contribution in [0.2, 0.25) is 10.0 Å². The van der Waals surface area contributed by atoms with Crippen LogP contribution in [0.3, 0.4) is 0 Å². The van der Waals surface area contributed by atoms with Crippen molar-refractivity contribution in [2.45, 2.75) is 44.6 Å². The molecule has 2 aromatic carbocycles. The highest BCUT2D eigenvalue weighted by molar-refractivity contribution is 7.93. The van der Waals surface area contributed by atoms with E-state index in [1.165, 1.54) is 31.4 Å². The molecular formula is C21H26Cl2N2O4S. The Morgan fingerprint density at radius 2 is 1.87 bits per heavy atom. The number of nitrogens with one attached hydrogen (secondary N) is 1. The minimum atomic E-state index is -4.15. The molecule has 0 bridgehead atoms. The predicted octanol–water partition coefficient (Wildman–Crippen LogP) is 4.81. The molecular weight excluding hydrogens is 447 g/mol. The van der Waals surface area contributed by atoms with Crippen LogP contribution in [0, 0.1) is 6.92 Å². The first kappa shape index (κ1) is 24.3. The van der Waals surface area contributed by atoms with Crippen LogP contribution in [0.25, 0.3) is 0 Å². The summed E-state index contributed by atoms with van der Waals surface area (Å²) >= 11 is 12.1. The fourth-order valence-corrected chi connectivity index (χ4v) is 4.96. The molecule has 0 aliphatic carbocycles. The highest BCUT2D eigenvalue weighted by Crippen LogP contribution is 2.33. The van der Waals surface area contributed by atoms with E-state index >= 15 is 0 Å². The topological polar surface area (TPSA) is 75.7 Å². The van der Waals surface area contributed by atoms with Gasteiger partial charge in [-0.3, -0.25) is 9.10 Å².